The van der Waals surface area contributed by atoms with Crippen LogP contribution in [0.15, 0.2) is 48.8 Å². The first-order chi connectivity index (χ1) is 12.8. The molecule has 0 atom stereocenters. The molecule has 1 aromatic carbocycles. The van der Waals surface area contributed by atoms with Crippen molar-refractivity contribution in [1.29, 1.82) is 0 Å². The predicted octanol–water partition coefficient (Wildman–Crippen LogP) is 3.26. The number of benzene rings is 1. The van der Waals surface area contributed by atoms with Crippen molar-refractivity contribution >= 4 is 17.4 Å². The molecule has 2 aromatic heterocycles. The van der Waals surface area contributed by atoms with Gasteiger partial charge in [0.05, 0.1) is 18.4 Å². The fourth-order valence-electron chi connectivity index (χ4n) is 3.20. The van der Waals surface area contributed by atoms with Crippen LogP contribution in [0.2, 0.25) is 0 Å². The molecule has 1 N–H and O–H groups in total. The van der Waals surface area contributed by atoms with Crippen LogP contribution < -0.4 is 14.8 Å². The maximum atomic E-state index is 12.9. The summed E-state index contributed by atoms with van der Waals surface area (Å²) in [6.45, 7) is 0.738. The smallest absolute Gasteiger partial charge is 0.322 e. The first kappa shape index (κ1) is 15.1. The molecular weight excluding hydrogens is 332 g/mol. The van der Waals surface area contributed by atoms with Gasteiger partial charge in [0.1, 0.15) is 5.65 Å². The van der Waals surface area contributed by atoms with Crippen LogP contribution >= 0.6 is 0 Å². The molecule has 3 heterocycles. The zero-order chi connectivity index (χ0) is 17.5. The van der Waals surface area contributed by atoms with Crippen LogP contribution in [0.25, 0.3) is 5.65 Å². The van der Waals surface area contributed by atoms with Gasteiger partial charge < -0.3 is 24.1 Å². The number of imidazole rings is 1. The van der Waals surface area contributed by atoms with Crippen LogP contribution in [0.5, 0.6) is 11.5 Å². The first-order valence-electron chi connectivity index (χ1n) is 8.66. The summed E-state index contributed by atoms with van der Waals surface area (Å²) in [7, 11) is 0. The molecule has 2 aliphatic rings. The minimum Gasteiger partial charge on any atom is -0.454 e. The van der Waals surface area contributed by atoms with E-state index in [1.54, 1.807) is 6.07 Å². The highest BCUT2D eigenvalue weighted by Crippen LogP contribution is 2.35. The number of hydrogen-bond acceptors (Lipinski definition) is 4. The quantitative estimate of drug-likeness (QED) is 0.784. The number of pyridine rings is 1. The lowest BCUT2D eigenvalue weighted by Crippen LogP contribution is -2.36. The fraction of sp³-hybridized carbons (Fsp3) is 0.263. The van der Waals surface area contributed by atoms with Crippen molar-refractivity contribution in [2.24, 2.45) is 0 Å². The van der Waals surface area contributed by atoms with Crippen molar-refractivity contribution in [2.45, 2.75) is 25.4 Å². The van der Waals surface area contributed by atoms with E-state index in [2.05, 4.69) is 10.3 Å². The summed E-state index contributed by atoms with van der Waals surface area (Å²) in [6, 6.07) is 11.5. The molecule has 0 spiro atoms. The highest BCUT2D eigenvalue weighted by molar-refractivity contribution is 5.90. The minimum absolute atomic E-state index is 0.114. The van der Waals surface area contributed by atoms with E-state index in [9.17, 15) is 4.79 Å². The molecule has 1 saturated carbocycles. The molecule has 0 radical (unpaired) electrons. The molecule has 132 valence electrons. The second kappa shape index (κ2) is 5.94. The highest BCUT2D eigenvalue weighted by Gasteiger charge is 2.33. The molecule has 5 rings (SSSR count). The summed E-state index contributed by atoms with van der Waals surface area (Å²) in [5.74, 6) is 1.36. The number of carbonyl (C=O) groups is 1. The van der Waals surface area contributed by atoms with Crippen LogP contribution in [0, 0.1) is 0 Å². The van der Waals surface area contributed by atoms with Gasteiger partial charge in [-0.05, 0) is 37.1 Å². The Morgan fingerprint density at radius 1 is 1.23 bits per heavy atom. The van der Waals surface area contributed by atoms with E-state index in [1.807, 2.05) is 52.0 Å². The van der Waals surface area contributed by atoms with Gasteiger partial charge in [-0.25, -0.2) is 9.78 Å². The van der Waals surface area contributed by atoms with Gasteiger partial charge in [-0.2, -0.15) is 0 Å². The largest absolute Gasteiger partial charge is 0.454 e. The number of carbonyl (C=O) groups excluding carboxylic acids is 1. The van der Waals surface area contributed by atoms with Crippen molar-refractivity contribution in [3.05, 3.63) is 54.5 Å². The number of ether oxygens (including phenoxy) is 2. The number of urea groups is 1. The van der Waals surface area contributed by atoms with Crippen LogP contribution in [0.3, 0.4) is 0 Å². The number of anilines is 1. The molecule has 1 aliphatic carbocycles. The number of rotatable bonds is 4. The Balaban J connectivity index is 1.36. The Kier molecular flexibility index (Phi) is 3.44. The average molecular weight is 350 g/mol. The number of aromatic nitrogens is 2. The van der Waals surface area contributed by atoms with E-state index < -0.39 is 0 Å². The van der Waals surface area contributed by atoms with Crippen LogP contribution in [0.1, 0.15) is 18.5 Å². The Morgan fingerprint density at radius 2 is 2.12 bits per heavy atom. The van der Waals surface area contributed by atoms with Gasteiger partial charge in [0, 0.05) is 24.0 Å². The van der Waals surface area contributed by atoms with Gasteiger partial charge in [0.15, 0.2) is 11.5 Å². The average Bonchev–Trinajstić information content (AvgIpc) is 3.25. The Hall–Kier alpha value is -3.22. The summed E-state index contributed by atoms with van der Waals surface area (Å²) in [5, 5.41) is 2.98. The monoisotopic (exact) mass is 350 g/mol. The van der Waals surface area contributed by atoms with Crippen molar-refractivity contribution in [2.75, 3.05) is 12.1 Å². The highest BCUT2D eigenvalue weighted by atomic mass is 16.7. The molecule has 7 heteroatoms. The summed E-state index contributed by atoms with van der Waals surface area (Å²) in [6.07, 6.45) is 5.87. The third-order valence-electron chi connectivity index (χ3n) is 4.70. The van der Waals surface area contributed by atoms with Gasteiger partial charge in [-0.3, -0.25) is 0 Å². The van der Waals surface area contributed by atoms with E-state index in [-0.39, 0.29) is 18.9 Å². The number of nitrogens with zero attached hydrogens (tertiary/aromatic N) is 3. The van der Waals surface area contributed by atoms with Crippen LogP contribution in [-0.4, -0.2) is 33.2 Å². The second-order valence-electron chi connectivity index (χ2n) is 6.54. The van der Waals surface area contributed by atoms with Gasteiger partial charge in [-0.1, -0.05) is 6.07 Å². The van der Waals surface area contributed by atoms with E-state index in [0.29, 0.717) is 23.7 Å². The number of nitrogens with one attached hydrogen (secondary N) is 1. The normalized spacial score (nSPS) is 15.2. The topological polar surface area (TPSA) is 68.1 Å². The lowest BCUT2D eigenvalue weighted by Gasteiger charge is -2.22. The molecule has 1 aliphatic heterocycles. The number of fused-ring (bicyclic) bond motifs is 2. The molecule has 2 amide bonds. The number of amides is 2. The second-order valence-corrected chi connectivity index (χ2v) is 6.54. The lowest BCUT2D eigenvalue weighted by molar-refractivity contribution is 0.174. The first-order valence-corrected chi connectivity index (χ1v) is 8.66. The maximum Gasteiger partial charge on any atom is 0.322 e. The van der Waals surface area contributed by atoms with Gasteiger partial charge in [-0.15, -0.1) is 0 Å². The van der Waals surface area contributed by atoms with Gasteiger partial charge in [0.25, 0.3) is 0 Å². The van der Waals surface area contributed by atoms with Crippen LogP contribution in [0.4, 0.5) is 10.5 Å². The van der Waals surface area contributed by atoms with Crippen molar-refractivity contribution in [3.8, 4) is 11.5 Å². The van der Waals surface area contributed by atoms with Crippen molar-refractivity contribution in [3.63, 3.8) is 0 Å². The Labute approximate surface area is 150 Å². The standard InChI is InChI=1S/C19H18N4O3/c24-19(21-13-4-7-16-17(9-13)26-12-25-16)23(14-5-6-14)11-15-10-20-18-3-1-2-8-22(15)18/h1-4,7-10,14H,5-6,11-12H2,(H,21,24). The summed E-state index contributed by atoms with van der Waals surface area (Å²) in [5.41, 5.74) is 2.57. The molecule has 0 saturated heterocycles. The predicted molar refractivity (Wildman–Crippen MR) is 95.3 cm³/mol. The van der Waals surface area contributed by atoms with E-state index >= 15 is 0 Å². The zero-order valence-electron chi connectivity index (χ0n) is 14.1. The van der Waals surface area contributed by atoms with Crippen LogP contribution in [-0.2, 0) is 6.54 Å². The number of hydrogen-bond donors (Lipinski definition) is 1. The third-order valence-corrected chi connectivity index (χ3v) is 4.70. The Bertz CT molecular complexity index is 980. The third kappa shape index (κ3) is 2.71. The summed E-state index contributed by atoms with van der Waals surface area (Å²) < 4.78 is 12.7. The SMILES string of the molecule is O=C(Nc1ccc2c(c1)OCO2)N(Cc1cnc2ccccn12)C1CC1. The molecule has 0 bridgehead atoms. The molecule has 0 unspecified atom stereocenters. The van der Waals surface area contributed by atoms with E-state index in [1.165, 1.54) is 0 Å². The van der Waals surface area contributed by atoms with E-state index in [4.69, 9.17) is 9.47 Å². The molecule has 1 fully saturated rings. The van der Waals surface area contributed by atoms with Crippen molar-refractivity contribution in [1.82, 2.24) is 14.3 Å². The molecule has 7 nitrogen and oxygen atoms in total. The molecule has 26 heavy (non-hydrogen) atoms. The van der Waals surface area contributed by atoms with E-state index in [0.717, 1.165) is 24.2 Å². The summed E-state index contributed by atoms with van der Waals surface area (Å²) >= 11 is 0. The summed E-state index contributed by atoms with van der Waals surface area (Å²) in [4.78, 5) is 19.2. The molecular formula is C19H18N4O3. The van der Waals surface area contributed by atoms with Gasteiger partial charge in [0.2, 0.25) is 6.79 Å². The van der Waals surface area contributed by atoms with Gasteiger partial charge >= 0.3 is 6.03 Å². The lowest BCUT2D eigenvalue weighted by atomic mass is 10.3. The fourth-order valence-corrected chi connectivity index (χ4v) is 3.20. The minimum atomic E-state index is -0.114. The van der Waals surface area contributed by atoms with Crippen molar-refractivity contribution < 1.29 is 14.3 Å². The zero-order valence-corrected chi connectivity index (χ0v) is 14.1. The maximum absolute atomic E-state index is 12.9. The Morgan fingerprint density at radius 3 is 3.00 bits per heavy atom. The molecule has 3 aromatic rings.